The second-order valence-electron chi connectivity index (χ2n) is 8.22. The minimum atomic E-state index is 0.553. The zero-order valence-electron chi connectivity index (χ0n) is 16.9. The first-order valence-corrected chi connectivity index (χ1v) is 10.8. The number of rotatable bonds is 7. The Morgan fingerprint density at radius 1 is 1.11 bits per heavy atom. The maximum atomic E-state index is 5.69. The Morgan fingerprint density at radius 3 is 2.79 bits per heavy atom. The molecule has 1 fully saturated rings. The van der Waals surface area contributed by atoms with Gasteiger partial charge in [-0.25, -0.2) is 0 Å². The quantitative estimate of drug-likeness (QED) is 0.628. The molecule has 0 unspecified atom stereocenters. The Kier molecular flexibility index (Phi) is 6.33. The molecule has 0 bridgehead atoms. The van der Waals surface area contributed by atoms with E-state index in [1.807, 2.05) is 12.1 Å². The number of furan rings is 1. The molecule has 2 heterocycles. The van der Waals surface area contributed by atoms with Gasteiger partial charge in [-0.05, 0) is 49.1 Å². The van der Waals surface area contributed by atoms with Gasteiger partial charge in [0.15, 0.2) is 0 Å². The van der Waals surface area contributed by atoms with E-state index < -0.39 is 0 Å². The van der Waals surface area contributed by atoms with Crippen molar-refractivity contribution in [2.45, 2.75) is 58.0 Å². The molecule has 148 valence electrons. The van der Waals surface area contributed by atoms with Crippen LogP contribution in [-0.4, -0.2) is 12.6 Å². The highest BCUT2D eigenvalue weighted by atomic mass is 16.3. The van der Waals surface area contributed by atoms with Crippen LogP contribution in [0.2, 0.25) is 0 Å². The lowest BCUT2D eigenvalue weighted by atomic mass is 9.85. The molecule has 0 amide bonds. The van der Waals surface area contributed by atoms with Gasteiger partial charge >= 0.3 is 0 Å². The van der Waals surface area contributed by atoms with E-state index in [0.29, 0.717) is 6.04 Å². The van der Waals surface area contributed by atoms with E-state index in [2.05, 4.69) is 59.6 Å². The Balaban J connectivity index is 1.45. The Hall–Kier alpha value is -2.26. The first kappa shape index (κ1) is 19.1. The summed E-state index contributed by atoms with van der Waals surface area (Å²) in [6.45, 7) is 4.10. The van der Waals surface area contributed by atoms with Gasteiger partial charge in [0.1, 0.15) is 5.76 Å². The van der Waals surface area contributed by atoms with Gasteiger partial charge in [-0.1, -0.05) is 62.5 Å². The van der Waals surface area contributed by atoms with Crippen molar-refractivity contribution in [2.75, 3.05) is 11.4 Å². The number of allylic oxidation sites excluding steroid dienone is 2. The number of para-hydroxylation sites is 1. The standard InChI is InChI=1S/C25H32N2O/c1-20(18-21-10-3-2-4-11-21)26-19-22-12-5-6-13-23(22)27-16-8-7-14-24(27)25-15-9-17-28-25/h5-9,12-15,17,20-21,26H,2-4,10-11,16,18-19H2,1H3/t20-/m0/s1. The maximum absolute atomic E-state index is 5.69. The van der Waals surface area contributed by atoms with E-state index in [0.717, 1.165) is 30.5 Å². The molecule has 1 atom stereocenters. The van der Waals surface area contributed by atoms with Crippen LogP contribution >= 0.6 is 0 Å². The third-order valence-corrected chi connectivity index (χ3v) is 6.08. The SMILES string of the molecule is C[C@@H](CC1CCCCC1)NCc1ccccc1N1CC=CC=C1c1ccco1. The fourth-order valence-corrected chi connectivity index (χ4v) is 4.60. The molecule has 1 N–H and O–H groups in total. The summed E-state index contributed by atoms with van der Waals surface area (Å²) in [5.41, 5.74) is 3.72. The van der Waals surface area contributed by atoms with E-state index in [-0.39, 0.29) is 0 Å². The van der Waals surface area contributed by atoms with E-state index >= 15 is 0 Å². The van der Waals surface area contributed by atoms with E-state index in [1.165, 1.54) is 49.8 Å². The summed E-state index contributed by atoms with van der Waals surface area (Å²) in [5.74, 6) is 1.82. The van der Waals surface area contributed by atoms with E-state index in [4.69, 9.17) is 4.42 Å². The minimum absolute atomic E-state index is 0.553. The Bertz CT molecular complexity index is 800. The average molecular weight is 377 g/mol. The van der Waals surface area contributed by atoms with Gasteiger partial charge < -0.3 is 14.6 Å². The van der Waals surface area contributed by atoms with Crippen LogP contribution in [0.4, 0.5) is 5.69 Å². The summed E-state index contributed by atoms with van der Waals surface area (Å²) in [6, 6.07) is 13.3. The molecule has 0 spiro atoms. The van der Waals surface area contributed by atoms with Gasteiger partial charge in [-0.15, -0.1) is 0 Å². The van der Waals surface area contributed by atoms with Crippen molar-refractivity contribution in [1.82, 2.24) is 5.32 Å². The predicted octanol–water partition coefficient (Wildman–Crippen LogP) is 6.15. The smallest absolute Gasteiger partial charge is 0.150 e. The van der Waals surface area contributed by atoms with Gasteiger partial charge in [0.2, 0.25) is 0 Å². The second kappa shape index (κ2) is 9.29. The lowest BCUT2D eigenvalue weighted by Gasteiger charge is -2.30. The fraction of sp³-hybridized carbons (Fsp3) is 0.440. The molecule has 1 aromatic heterocycles. The first-order chi connectivity index (χ1) is 13.8. The summed E-state index contributed by atoms with van der Waals surface area (Å²) in [4.78, 5) is 2.35. The first-order valence-electron chi connectivity index (χ1n) is 10.8. The lowest BCUT2D eigenvalue weighted by molar-refractivity contribution is 0.304. The highest BCUT2D eigenvalue weighted by Crippen LogP contribution is 2.32. The maximum Gasteiger partial charge on any atom is 0.150 e. The number of nitrogens with one attached hydrogen (secondary N) is 1. The summed E-state index contributed by atoms with van der Waals surface area (Å²) in [7, 11) is 0. The van der Waals surface area contributed by atoms with Crippen molar-refractivity contribution in [3.05, 3.63) is 72.2 Å². The summed E-state index contributed by atoms with van der Waals surface area (Å²) in [6.07, 6.45) is 16.6. The topological polar surface area (TPSA) is 28.4 Å². The average Bonchev–Trinajstić information content (AvgIpc) is 3.28. The monoisotopic (exact) mass is 376 g/mol. The van der Waals surface area contributed by atoms with Crippen LogP contribution in [-0.2, 0) is 6.54 Å². The highest BCUT2D eigenvalue weighted by Gasteiger charge is 2.20. The minimum Gasteiger partial charge on any atom is -0.463 e. The molecular weight excluding hydrogens is 344 g/mol. The van der Waals surface area contributed by atoms with Crippen LogP contribution in [0.5, 0.6) is 0 Å². The van der Waals surface area contributed by atoms with Gasteiger partial charge in [-0.3, -0.25) is 0 Å². The zero-order chi connectivity index (χ0) is 19.2. The number of nitrogens with zero attached hydrogens (tertiary/aromatic N) is 1. The summed E-state index contributed by atoms with van der Waals surface area (Å²) < 4.78 is 5.69. The zero-order valence-corrected chi connectivity index (χ0v) is 16.9. The van der Waals surface area contributed by atoms with Crippen molar-refractivity contribution in [1.29, 1.82) is 0 Å². The van der Waals surface area contributed by atoms with Crippen LogP contribution in [0.25, 0.3) is 5.70 Å². The molecule has 3 nitrogen and oxygen atoms in total. The molecule has 28 heavy (non-hydrogen) atoms. The van der Waals surface area contributed by atoms with Gasteiger partial charge in [0.05, 0.1) is 12.0 Å². The second-order valence-corrected chi connectivity index (χ2v) is 8.22. The molecule has 2 aromatic rings. The normalized spacial score (nSPS) is 18.9. The molecule has 1 saturated carbocycles. The molecule has 0 radical (unpaired) electrons. The van der Waals surface area contributed by atoms with Crippen LogP contribution in [0.15, 0.2) is 65.3 Å². The van der Waals surface area contributed by atoms with Crippen LogP contribution < -0.4 is 10.2 Å². The highest BCUT2D eigenvalue weighted by molar-refractivity contribution is 5.81. The summed E-state index contributed by atoms with van der Waals surface area (Å²) >= 11 is 0. The number of hydrogen-bond acceptors (Lipinski definition) is 3. The number of benzene rings is 1. The fourth-order valence-electron chi connectivity index (χ4n) is 4.60. The van der Waals surface area contributed by atoms with Gasteiger partial charge in [0, 0.05) is 24.8 Å². The molecule has 2 aliphatic rings. The largest absolute Gasteiger partial charge is 0.463 e. The molecule has 1 aliphatic carbocycles. The van der Waals surface area contributed by atoms with Gasteiger partial charge in [0.25, 0.3) is 0 Å². The molecule has 0 saturated heterocycles. The Morgan fingerprint density at radius 2 is 1.96 bits per heavy atom. The van der Waals surface area contributed by atoms with Gasteiger partial charge in [-0.2, -0.15) is 0 Å². The Labute approximate surface area is 169 Å². The van der Waals surface area contributed by atoms with Crippen LogP contribution in [0, 0.1) is 5.92 Å². The molecule has 1 aromatic carbocycles. The van der Waals surface area contributed by atoms with Crippen molar-refractivity contribution < 1.29 is 4.42 Å². The number of anilines is 1. The van der Waals surface area contributed by atoms with E-state index in [1.54, 1.807) is 6.26 Å². The van der Waals surface area contributed by atoms with Crippen molar-refractivity contribution in [3.63, 3.8) is 0 Å². The molecule has 4 rings (SSSR count). The molecule has 1 aliphatic heterocycles. The summed E-state index contributed by atoms with van der Waals surface area (Å²) in [5, 5.41) is 3.79. The predicted molar refractivity (Wildman–Crippen MR) is 117 cm³/mol. The van der Waals surface area contributed by atoms with Crippen molar-refractivity contribution in [3.8, 4) is 0 Å². The van der Waals surface area contributed by atoms with Crippen molar-refractivity contribution >= 4 is 11.4 Å². The molecular formula is C25H32N2O. The number of hydrogen-bond donors (Lipinski definition) is 1. The third-order valence-electron chi connectivity index (χ3n) is 6.08. The molecule has 3 heteroatoms. The van der Waals surface area contributed by atoms with Crippen molar-refractivity contribution in [2.24, 2.45) is 5.92 Å². The van der Waals surface area contributed by atoms with Crippen LogP contribution in [0.1, 0.15) is 56.8 Å². The van der Waals surface area contributed by atoms with E-state index in [9.17, 15) is 0 Å². The van der Waals surface area contributed by atoms with Crippen LogP contribution in [0.3, 0.4) is 0 Å². The third kappa shape index (κ3) is 4.59. The lowest BCUT2D eigenvalue weighted by Crippen LogP contribution is -2.30.